The molecule has 0 aliphatic heterocycles. The van der Waals surface area contributed by atoms with Crippen LogP contribution in [0.2, 0.25) is 5.02 Å². The Hall–Kier alpha value is -2.86. The monoisotopic (exact) mass is 359 g/mol. The van der Waals surface area contributed by atoms with Gasteiger partial charge in [0, 0.05) is 18.2 Å². The Morgan fingerprint density at radius 2 is 2.04 bits per heavy atom. The Morgan fingerprint density at radius 3 is 2.72 bits per heavy atom. The van der Waals surface area contributed by atoms with Crippen molar-refractivity contribution in [1.82, 2.24) is 5.43 Å². The van der Waals surface area contributed by atoms with E-state index in [1.54, 1.807) is 42.5 Å². The highest BCUT2D eigenvalue weighted by atomic mass is 35.5. The number of benzene rings is 2. The highest BCUT2D eigenvalue weighted by molar-refractivity contribution is 6.32. The molecule has 0 unspecified atom stereocenters. The highest BCUT2D eigenvalue weighted by Crippen LogP contribution is 2.24. The molecule has 0 saturated heterocycles. The molecule has 2 aromatic carbocycles. The van der Waals surface area contributed by atoms with Crippen molar-refractivity contribution in [3.63, 3.8) is 0 Å². The minimum Gasteiger partial charge on any atom is -0.492 e. The minimum atomic E-state index is -0.388. The topological polar surface area (TPSA) is 79.8 Å². The van der Waals surface area contributed by atoms with Crippen LogP contribution in [0.3, 0.4) is 0 Å². The predicted molar refractivity (Wildman–Crippen MR) is 98.4 cm³/mol. The van der Waals surface area contributed by atoms with Gasteiger partial charge in [-0.25, -0.2) is 5.43 Å². The lowest BCUT2D eigenvalue weighted by molar-refractivity contribution is -0.114. The predicted octanol–water partition coefficient (Wildman–Crippen LogP) is 3.46. The Kier molecular flexibility index (Phi) is 6.54. The number of amides is 2. The van der Waals surface area contributed by atoms with E-state index in [4.69, 9.17) is 16.3 Å². The third-order valence-corrected chi connectivity index (χ3v) is 3.38. The van der Waals surface area contributed by atoms with Crippen molar-refractivity contribution in [2.24, 2.45) is 5.10 Å². The Morgan fingerprint density at radius 1 is 1.24 bits per heavy atom. The largest absolute Gasteiger partial charge is 0.492 e. The van der Waals surface area contributed by atoms with Gasteiger partial charge in [-0.2, -0.15) is 5.10 Å². The van der Waals surface area contributed by atoms with Gasteiger partial charge >= 0.3 is 0 Å². The molecule has 2 aromatic rings. The van der Waals surface area contributed by atoms with E-state index in [0.29, 0.717) is 28.6 Å². The maximum absolute atomic E-state index is 12.1. The summed E-state index contributed by atoms with van der Waals surface area (Å²) in [4.78, 5) is 23.2. The van der Waals surface area contributed by atoms with Crippen LogP contribution in [0.5, 0.6) is 5.75 Å². The van der Waals surface area contributed by atoms with E-state index >= 15 is 0 Å². The van der Waals surface area contributed by atoms with Crippen molar-refractivity contribution in [3.05, 3.63) is 58.6 Å². The lowest BCUT2D eigenvalue weighted by atomic mass is 10.2. The van der Waals surface area contributed by atoms with Gasteiger partial charge in [0.15, 0.2) is 0 Å². The summed E-state index contributed by atoms with van der Waals surface area (Å²) >= 11 is 6.10. The zero-order chi connectivity index (χ0) is 18.2. The molecule has 25 heavy (non-hydrogen) atoms. The summed E-state index contributed by atoms with van der Waals surface area (Å²) in [5, 5.41) is 7.01. The summed E-state index contributed by atoms with van der Waals surface area (Å²) < 4.78 is 5.35. The molecule has 6 nitrogen and oxygen atoms in total. The fraction of sp³-hybridized carbons (Fsp3) is 0.167. The number of hydrogen-bond acceptors (Lipinski definition) is 4. The number of carbonyl (C=O) groups excluding carboxylic acids is 2. The summed E-state index contributed by atoms with van der Waals surface area (Å²) in [6, 6.07) is 11.8. The van der Waals surface area contributed by atoms with Gasteiger partial charge in [0.25, 0.3) is 5.91 Å². The molecule has 7 heteroatoms. The van der Waals surface area contributed by atoms with E-state index in [1.165, 1.54) is 13.1 Å². The molecule has 0 heterocycles. The van der Waals surface area contributed by atoms with Gasteiger partial charge in [0.2, 0.25) is 5.91 Å². The van der Waals surface area contributed by atoms with Crippen LogP contribution in [-0.4, -0.2) is 24.6 Å². The second-order valence-corrected chi connectivity index (χ2v) is 5.49. The third kappa shape index (κ3) is 5.61. The van der Waals surface area contributed by atoms with Crippen molar-refractivity contribution in [1.29, 1.82) is 0 Å². The second-order valence-electron chi connectivity index (χ2n) is 5.08. The van der Waals surface area contributed by atoms with Crippen molar-refractivity contribution in [2.45, 2.75) is 13.8 Å². The standard InChI is InChI=1S/C18H18ClN3O3/c1-3-25-17-8-7-13(9-16(17)19)11-20-22-18(24)14-5-4-6-15(10-14)21-12(2)23/h4-11H,3H2,1-2H3,(H,21,23)(H,22,24). The fourth-order valence-corrected chi connectivity index (χ4v) is 2.28. The summed E-state index contributed by atoms with van der Waals surface area (Å²) in [6.45, 7) is 3.81. The number of halogens is 1. The lowest BCUT2D eigenvalue weighted by Gasteiger charge is -2.06. The van der Waals surface area contributed by atoms with Crippen molar-refractivity contribution in [3.8, 4) is 5.75 Å². The van der Waals surface area contributed by atoms with E-state index in [2.05, 4.69) is 15.8 Å². The molecule has 0 saturated carbocycles. The molecule has 0 fully saturated rings. The average molecular weight is 360 g/mol. The molecule has 0 aliphatic rings. The molecule has 2 rings (SSSR count). The first-order chi connectivity index (χ1) is 12.0. The quantitative estimate of drug-likeness (QED) is 0.612. The van der Waals surface area contributed by atoms with Crippen molar-refractivity contribution in [2.75, 3.05) is 11.9 Å². The second kappa shape index (κ2) is 8.84. The van der Waals surface area contributed by atoms with Crippen LogP contribution >= 0.6 is 11.6 Å². The van der Waals surface area contributed by atoms with Gasteiger partial charge in [-0.1, -0.05) is 17.7 Å². The Bertz CT molecular complexity index is 806. The zero-order valence-corrected chi connectivity index (χ0v) is 14.6. The van der Waals surface area contributed by atoms with Gasteiger partial charge in [0.05, 0.1) is 17.8 Å². The fourth-order valence-electron chi connectivity index (χ4n) is 2.04. The molecule has 2 amide bonds. The highest BCUT2D eigenvalue weighted by Gasteiger charge is 2.06. The number of anilines is 1. The maximum atomic E-state index is 12.1. The third-order valence-electron chi connectivity index (χ3n) is 3.08. The van der Waals surface area contributed by atoms with Crippen LogP contribution in [-0.2, 0) is 4.79 Å². The maximum Gasteiger partial charge on any atom is 0.271 e. The Balaban J connectivity index is 2.00. The zero-order valence-electron chi connectivity index (χ0n) is 13.9. The number of nitrogens with zero attached hydrogens (tertiary/aromatic N) is 1. The van der Waals surface area contributed by atoms with Crippen molar-refractivity contribution < 1.29 is 14.3 Å². The van der Waals surface area contributed by atoms with Gasteiger partial charge in [0.1, 0.15) is 5.75 Å². The van der Waals surface area contributed by atoms with E-state index in [9.17, 15) is 9.59 Å². The van der Waals surface area contributed by atoms with Crippen LogP contribution in [0.1, 0.15) is 29.8 Å². The molecule has 130 valence electrons. The summed E-state index contributed by atoms with van der Waals surface area (Å²) in [5.74, 6) is 0.00332. The van der Waals surface area contributed by atoms with E-state index in [1.807, 2.05) is 6.92 Å². The SMILES string of the molecule is CCOc1ccc(C=NNC(=O)c2cccc(NC(C)=O)c2)cc1Cl. The molecule has 0 radical (unpaired) electrons. The Labute approximate surface area is 150 Å². The normalized spacial score (nSPS) is 10.5. The molecule has 0 aliphatic carbocycles. The van der Waals surface area contributed by atoms with Crippen molar-refractivity contribution >= 4 is 35.3 Å². The first kappa shape index (κ1) is 18.5. The minimum absolute atomic E-state index is 0.206. The molecular formula is C18H18ClN3O3. The van der Waals surface area contributed by atoms with Crippen LogP contribution in [0, 0.1) is 0 Å². The van der Waals surface area contributed by atoms with Crippen LogP contribution < -0.4 is 15.5 Å². The first-order valence-electron chi connectivity index (χ1n) is 7.63. The van der Waals surface area contributed by atoms with Crippen LogP contribution in [0.15, 0.2) is 47.6 Å². The number of carbonyl (C=O) groups is 2. The number of ether oxygens (including phenoxy) is 1. The molecule has 0 atom stereocenters. The number of rotatable bonds is 6. The lowest BCUT2D eigenvalue weighted by Crippen LogP contribution is -2.18. The molecule has 2 N–H and O–H groups in total. The van der Waals surface area contributed by atoms with E-state index in [0.717, 1.165) is 5.56 Å². The van der Waals surface area contributed by atoms with Gasteiger partial charge in [-0.3, -0.25) is 9.59 Å². The smallest absolute Gasteiger partial charge is 0.271 e. The van der Waals surface area contributed by atoms with E-state index in [-0.39, 0.29) is 11.8 Å². The molecule has 0 bridgehead atoms. The number of hydrogen-bond donors (Lipinski definition) is 2. The van der Waals surface area contributed by atoms with Gasteiger partial charge in [-0.05, 0) is 48.9 Å². The summed E-state index contributed by atoms with van der Waals surface area (Å²) in [6.07, 6.45) is 1.48. The molecule has 0 spiro atoms. The number of nitrogens with one attached hydrogen (secondary N) is 2. The number of hydrazone groups is 1. The van der Waals surface area contributed by atoms with Gasteiger partial charge in [-0.15, -0.1) is 0 Å². The molecular weight excluding hydrogens is 342 g/mol. The summed E-state index contributed by atoms with van der Waals surface area (Å²) in [7, 11) is 0. The van der Waals surface area contributed by atoms with Gasteiger partial charge < -0.3 is 10.1 Å². The first-order valence-corrected chi connectivity index (χ1v) is 8.00. The van der Waals surface area contributed by atoms with E-state index < -0.39 is 0 Å². The average Bonchev–Trinajstić information content (AvgIpc) is 2.57. The van der Waals surface area contributed by atoms with Crippen LogP contribution in [0.4, 0.5) is 5.69 Å². The van der Waals surface area contributed by atoms with Crippen LogP contribution in [0.25, 0.3) is 0 Å². The summed E-state index contributed by atoms with van der Waals surface area (Å²) in [5.41, 5.74) is 4.08. The molecule has 0 aromatic heterocycles.